The van der Waals surface area contributed by atoms with Crippen molar-refractivity contribution < 1.29 is 75.8 Å². The minimum Gasteiger partial charge on any atom is -0.463 e. The number of allylic oxidation sites excluding steroid dienone is 10. The van der Waals surface area contributed by atoms with Gasteiger partial charge in [0.2, 0.25) is 0 Å². The number of aliphatic hydroxyl groups is 2. The molecule has 0 aliphatic heterocycles. The van der Waals surface area contributed by atoms with Gasteiger partial charge in [-0.3, -0.25) is 32.5 Å². The van der Waals surface area contributed by atoms with Crippen LogP contribution in [-0.4, -0.2) is 95.9 Å². The molecule has 4 N–H and O–H groups in total. The first-order chi connectivity index (χ1) is 39.2. The van der Waals surface area contributed by atoms with Gasteiger partial charge in [0.15, 0.2) is 6.10 Å². The Hall–Kier alpha value is -2.75. The summed E-state index contributed by atoms with van der Waals surface area (Å²) in [6.07, 6.45) is 55.6. The van der Waals surface area contributed by atoms with Gasteiger partial charge in [0, 0.05) is 19.3 Å². The van der Waals surface area contributed by atoms with Gasteiger partial charge >= 0.3 is 33.6 Å². The van der Waals surface area contributed by atoms with E-state index in [4.69, 9.17) is 32.3 Å². The van der Waals surface area contributed by atoms with Crippen molar-refractivity contribution >= 4 is 33.6 Å². The molecule has 0 saturated carbocycles. The van der Waals surface area contributed by atoms with Crippen LogP contribution in [0.3, 0.4) is 0 Å². The second-order valence-corrected chi connectivity index (χ2v) is 24.1. The number of phosphoric acid groups is 2. The van der Waals surface area contributed by atoms with E-state index in [0.717, 1.165) is 128 Å². The summed E-state index contributed by atoms with van der Waals surface area (Å²) in [5.74, 6) is -1.61. The van der Waals surface area contributed by atoms with Gasteiger partial charge < -0.3 is 34.2 Å². The van der Waals surface area contributed by atoms with E-state index >= 15 is 0 Å². The smallest absolute Gasteiger partial charge is 0.463 e. The van der Waals surface area contributed by atoms with Crippen LogP contribution in [0.1, 0.15) is 265 Å². The van der Waals surface area contributed by atoms with E-state index in [-0.39, 0.29) is 19.3 Å². The molecule has 3 unspecified atom stereocenters. The largest absolute Gasteiger partial charge is 0.472 e. The Kier molecular flexibility index (Phi) is 55.7. The number of esters is 3. The number of carbonyl (C=O) groups is 3. The molecule has 0 aliphatic carbocycles. The van der Waals surface area contributed by atoms with E-state index in [1.54, 1.807) is 0 Å². The number of rotatable bonds is 60. The molecule has 0 amide bonds. The number of aliphatic hydroxyl groups excluding tert-OH is 2. The third kappa shape index (κ3) is 58.8. The Bertz CT molecular complexity index is 1730. The Labute approximate surface area is 490 Å². The molecule has 472 valence electrons. The number of hydrogen-bond donors (Lipinski definition) is 4. The molecule has 5 atom stereocenters. The second kappa shape index (κ2) is 57.7. The third-order valence-corrected chi connectivity index (χ3v) is 15.1. The highest BCUT2D eigenvalue weighted by Crippen LogP contribution is 2.45. The van der Waals surface area contributed by atoms with Crippen molar-refractivity contribution in [1.29, 1.82) is 0 Å². The molecule has 0 aromatic carbocycles. The molecule has 16 nitrogen and oxygen atoms in total. The molecule has 18 heteroatoms. The summed E-state index contributed by atoms with van der Waals surface area (Å²) in [5, 5.41) is 20.5. The zero-order chi connectivity index (χ0) is 59.6. The zero-order valence-electron chi connectivity index (χ0n) is 50.7. The Morgan fingerprint density at radius 2 is 0.617 bits per heavy atom. The number of carbonyl (C=O) groups excluding carboxylic acids is 3. The van der Waals surface area contributed by atoms with Gasteiger partial charge in [0.05, 0.1) is 26.4 Å². The predicted molar refractivity (Wildman–Crippen MR) is 325 cm³/mol. The minimum absolute atomic E-state index is 0.0933. The summed E-state index contributed by atoms with van der Waals surface area (Å²) in [6, 6.07) is 0. The normalized spacial score (nSPS) is 14.8. The fourth-order valence-electron chi connectivity index (χ4n) is 8.27. The Morgan fingerprint density at radius 3 is 1.00 bits per heavy atom. The Morgan fingerprint density at radius 1 is 0.346 bits per heavy atom. The molecule has 81 heavy (non-hydrogen) atoms. The molecular weight excluding hydrogens is 1070 g/mol. The topological polar surface area (TPSA) is 231 Å². The first-order valence-corrected chi connectivity index (χ1v) is 34.6. The van der Waals surface area contributed by atoms with E-state index in [9.17, 15) is 43.5 Å². The average Bonchev–Trinajstić information content (AvgIpc) is 3.45. The van der Waals surface area contributed by atoms with E-state index in [2.05, 4.69) is 81.5 Å². The lowest BCUT2D eigenvalue weighted by molar-refractivity contribution is -0.161. The molecular formula is C63H114O16P2. The standard InChI is InChI=1S/C63H114O16P2/c1-4-7-10-13-16-19-22-25-28-31-34-37-40-43-46-49-61(66)73-52-58(64)53-75-80(69,70)76-54-59(65)55-77-81(71,72)78-57-60(79-63(68)51-48-45-42-39-36-33-30-27-24-21-18-15-12-9-6-3)56-74-62(67)50-47-44-41-38-35-32-29-26-23-20-17-14-11-8-5-2/h16-17,19-20,25-30,58-60,64-65H,4-15,18,21-24,31-57H2,1-3H3,(H,69,70)(H,71,72)/b19-16-,20-17-,28-25-,29-26-,30-27-/t58-,59?,60-/m1/s1. The molecule has 0 aromatic heterocycles. The zero-order valence-corrected chi connectivity index (χ0v) is 52.5. The fraction of sp³-hybridized carbons (Fsp3) is 0.794. The SMILES string of the molecule is CCCCC/C=C\C/C=C\CCCCCCCC(=O)OC[C@@H](O)COP(=O)(O)OCC(O)COP(=O)(O)OC[C@@H](COC(=O)CCCCCCC/C=C\C/C=C\CCCCC)OC(=O)CCCCCCC/C=C\CCCCCCCC. The molecule has 0 saturated heterocycles. The number of ether oxygens (including phenoxy) is 3. The van der Waals surface area contributed by atoms with Crippen LogP contribution in [0.5, 0.6) is 0 Å². The van der Waals surface area contributed by atoms with Crippen LogP contribution in [-0.2, 0) is 55.8 Å². The molecule has 0 bridgehead atoms. The lowest BCUT2D eigenvalue weighted by Crippen LogP contribution is -2.30. The molecule has 0 rings (SSSR count). The summed E-state index contributed by atoms with van der Waals surface area (Å²) < 4.78 is 60.7. The fourth-order valence-corrected chi connectivity index (χ4v) is 9.86. The van der Waals surface area contributed by atoms with Crippen LogP contribution >= 0.6 is 15.6 Å². The van der Waals surface area contributed by atoms with E-state index in [0.29, 0.717) is 19.3 Å². The summed E-state index contributed by atoms with van der Waals surface area (Å²) in [5.41, 5.74) is 0. The highest BCUT2D eigenvalue weighted by atomic mass is 31.2. The van der Waals surface area contributed by atoms with Crippen LogP contribution in [0.4, 0.5) is 0 Å². The monoisotopic (exact) mass is 1190 g/mol. The van der Waals surface area contributed by atoms with Gasteiger partial charge in [-0.15, -0.1) is 0 Å². The van der Waals surface area contributed by atoms with Gasteiger partial charge in [-0.25, -0.2) is 9.13 Å². The van der Waals surface area contributed by atoms with E-state index < -0.39 is 91.5 Å². The number of phosphoric ester groups is 2. The van der Waals surface area contributed by atoms with Gasteiger partial charge in [-0.05, 0) is 109 Å². The highest BCUT2D eigenvalue weighted by Gasteiger charge is 2.29. The van der Waals surface area contributed by atoms with Crippen molar-refractivity contribution in [3.05, 3.63) is 60.8 Å². The van der Waals surface area contributed by atoms with Crippen LogP contribution in [0.15, 0.2) is 60.8 Å². The summed E-state index contributed by atoms with van der Waals surface area (Å²) >= 11 is 0. The summed E-state index contributed by atoms with van der Waals surface area (Å²) in [7, 11) is -9.76. The average molecular weight is 1190 g/mol. The van der Waals surface area contributed by atoms with Gasteiger partial charge in [0.25, 0.3) is 0 Å². The maximum absolute atomic E-state index is 12.9. The van der Waals surface area contributed by atoms with Crippen LogP contribution in [0.2, 0.25) is 0 Å². The lowest BCUT2D eigenvalue weighted by atomic mass is 10.1. The second-order valence-electron chi connectivity index (χ2n) is 21.2. The van der Waals surface area contributed by atoms with Crippen LogP contribution in [0.25, 0.3) is 0 Å². The first kappa shape index (κ1) is 78.2. The molecule has 0 spiro atoms. The number of unbranched alkanes of at least 4 members (excludes halogenated alkanes) is 27. The quantitative estimate of drug-likeness (QED) is 0.0146. The number of hydrogen-bond acceptors (Lipinski definition) is 14. The Balaban J connectivity index is 4.74. The van der Waals surface area contributed by atoms with Gasteiger partial charge in [0.1, 0.15) is 25.4 Å². The molecule has 0 radical (unpaired) electrons. The minimum atomic E-state index is -4.92. The van der Waals surface area contributed by atoms with Gasteiger partial charge in [-0.1, -0.05) is 197 Å². The lowest BCUT2D eigenvalue weighted by Gasteiger charge is -2.21. The van der Waals surface area contributed by atoms with Crippen molar-refractivity contribution in [1.82, 2.24) is 0 Å². The molecule has 0 aliphatic rings. The third-order valence-electron chi connectivity index (χ3n) is 13.2. The first-order valence-electron chi connectivity index (χ1n) is 31.6. The maximum Gasteiger partial charge on any atom is 0.472 e. The van der Waals surface area contributed by atoms with E-state index in [1.807, 2.05) is 0 Å². The maximum atomic E-state index is 12.9. The highest BCUT2D eigenvalue weighted by molar-refractivity contribution is 7.47. The van der Waals surface area contributed by atoms with Crippen molar-refractivity contribution in [2.24, 2.45) is 0 Å². The summed E-state index contributed by atoms with van der Waals surface area (Å²) in [6.45, 7) is 2.57. The van der Waals surface area contributed by atoms with Crippen molar-refractivity contribution in [3.8, 4) is 0 Å². The van der Waals surface area contributed by atoms with Crippen LogP contribution in [0, 0.1) is 0 Å². The van der Waals surface area contributed by atoms with Crippen LogP contribution < -0.4 is 0 Å². The van der Waals surface area contributed by atoms with Crippen molar-refractivity contribution in [2.75, 3.05) is 39.6 Å². The van der Waals surface area contributed by atoms with Crippen molar-refractivity contribution in [2.45, 2.75) is 283 Å². The van der Waals surface area contributed by atoms with Gasteiger partial charge in [-0.2, -0.15) is 0 Å². The molecule has 0 fully saturated rings. The summed E-state index contributed by atoms with van der Waals surface area (Å²) in [4.78, 5) is 58.2. The molecule has 0 aromatic rings. The predicted octanol–water partition coefficient (Wildman–Crippen LogP) is 16.6. The van der Waals surface area contributed by atoms with E-state index in [1.165, 1.54) is 77.0 Å². The van der Waals surface area contributed by atoms with Crippen molar-refractivity contribution in [3.63, 3.8) is 0 Å². The molecule has 0 heterocycles.